The molecule has 0 heterocycles. The highest BCUT2D eigenvalue weighted by Crippen LogP contribution is 2.14. The Kier molecular flexibility index (Phi) is 4.45. The number of hydrogen-bond acceptors (Lipinski definition) is 4. The predicted octanol–water partition coefficient (Wildman–Crippen LogP) is 1.55. The Morgan fingerprint density at radius 3 is 2.56 bits per heavy atom. The highest BCUT2D eigenvalue weighted by atomic mass is 32.2. The fourth-order valence-corrected chi connectivity index (χ4v) is 1.60. The summed E-state index contributed by atoms with van der Waals surface area (Å²) in [4.78, 5) is 12.3. The summed E-state index contributed by atoms with van der Waals surface area (Å²) in [6.07, 6.45) is 0. The van der Waals surface area contributed by atoms with E-state index in [2.05, 4.69) is 9.43 Å². The number of hydrogen-bond donors (Lipinski definition) is 2. The Labute approximate surface area is 90.8 Å². The number of nitrogens with zero attached hydrogens (tertiary/aromatic N) is 3. The molecule has 1 aromatic rings. The molecule has 1 aromatic carbocycles. The topological polar surface area (TPSA) is 155 Å². The van der Waals surface area contributed by atoms with Crippen LogP contribution in [0.25, 0.3) is 10.4 Å². The molecule has 4 N–H and O–H groups in total. The maximum atomic E-state index is 11.2. The molecule has 0 atom stereocenters. The van der Waals surface area contributed by atoms with Gasteiger partial charge in [0.25, 0.3) is 10.0 Å². The van der Waals surface area contributed by atoms with Gasteiger partial charge in [0.2, 0.25) is 0 Å². The van der Waals surface area contributed by atoms with Crippen LogP contribution >= 0.6 is 0 Å². The Morgan fingerprint density at radius 2 is 2.06 bits per heavy atom. The van der Waals surface area contributed by atoms with E-state index in [9.17, 15) is 13.2 Å². The smallest absolute Gasteiger partial charge is 0.335 e. The third-order valence-electron chi connectivity index (χ3n) is 1.52. The van der Waals surface area contributed by atoms with E-state index in [1.54, 1.807) is 0 Å². The first-order valence-electron chi connectivity index (χ1n) is 3.62. The number of sulfonamides is 1. The van der Waals surface area contributed by atoms with E-state index >= 15 is 0 Å². The first-order chi connectivity index (χ1) is 6.97. The third-order valence-corrected chi connectivity index (χ3v) is 2.66. The second-order valence-electron chi connectivity index (χ2n) is 2.48. The number of azide groups is 1. The van der Waals surface area contributed by atoms with Gasteiger partial charge in [-0.05, 0) is 23.7 Å². The lowest BCUT2D eigenvalue weighted by Gasteiger charge is -1.98. The summed E-state index contributed by atoms with van der Waals surface area (Å²) in [6, 6.07) is 4.56. The highest BCUT2D eigenvalue weighted by Gasteiger charge is 2.13. The minimum Gasteiger partial charge on any atom is -0.478 e. The van der Waals surface area contributed by atoms with Crippen LogP contribution in [0.2, 0.25) is 0 Å². The molecule has 9 heteroatoms. The summed E-state index contributed by atoms with van der Waals surface area (Å²) in [7, 11) is -4.12. The summed E-state index contributed by atoms with van der Waals surface area (Å²) in [5.41, 5.74) is 7.81. The molecule has 0 unspecified atom stereocenters. The quantitative estimate of drug-likeness (QED) is 0.468. The molecule has 16 heavy (non-hydrogen) atoms. The van der Waals surface area contributed by atoms with Gasteiger partial charge in [-0.2, -0.15) is 0 Å². The Balaban J connectivity index is 0.00000225. The van der Waals surface area contributed by atoms with Gasteiger partial charge in [0.1, 0.15) is 0 Å². The molecule has 0 saturated heterocycles. The highest BCUT2D eigenvalue weighted by molar-refractivity contribution is 7.90. The van der Waals surface area contributed by atoms with Crippen LogP contribution in [-0.2, 0) is 10.0 Å². The van der Waals surface area contributed by atoms with Crippen LogP contribution in [0.4, 0.5) is 0 Å². The lowest BCUT2D eigenvalue weighted by atomic mass is 10.2. The molecule has 0 amide bonds. The Bertz CT molecular complexity index is 547. The van der Waals surface area contributed by atoms with Crippen molar-refractivity contribution in [2.75, 3.05) is 0 Å². The molecule has 0 aliphatic rings. The van der Waals surface area contributed by atoms with Crippen molar-refractivity contribution in [3.05, 3.63) is 40.3 Å². The molecular formula is C7H8N4O4S. The van der Waals surface area contributed by atoms with Gasteiger partial charge in [-0.15, -0.1) is 0 Å². The zero-order chi connectivity index (χ0) is 11.5. The van der Waals surface area contributed by atoms with Crippen molar-refractivity contribution in [1.82, 2.24) is 6.15 Å². The van der Waals surface area contributed by atoms with Gasteiger partial charge in [-0.1, -0.05) is 6.07 Å². The zero-order valence-corrected chi connectivity index (χ0v) is 8.75. The first-order valence-corrected chi connectivity index (χ1v) is 5.06. The van der Waals surface area contributed by atoms with Gasteiger partial charge in [0, 0.05) is 9.43 Å². The molecule has 0 saturated carbocycles. The summed E-state index contributed by atoms with van der Waals surface area (Å²) < 4.78 is 25.0. The molecule has 1 rings (SSSR count). The van der Waals surface area contributed by atoms with Crippen molar-refractivity contribution in [2.24, 2.45) is 4.52 Å². The Hall–Kier alpha value is -2.09. The zero-order valence-electron chi connectivity index (χ0n) is 7.94. The lowest BCUT2D eigenvalue weighted by molar-refractivity contribution is 0.0696. The number of aromatic carboxylic acids is 1. The fraction of sp³-hybridized carbons (Fsp3) is 0. The van der Waals surface area contributed by atoms with Crippen LogP contribution in [0.1, 0.15) is 10.4 Å². The number of rotatable bonds is 3. The standard InChI is InChI=1S/C7H5N3O4S.H3N/c8-9-10-15(13,14)6-3-1-2-5(4-6)7(11)12;/h1-4H,(H,11,12);1H3. The van der Waals surface area contributed by atoms with Crippen LogP contribution in [0.3, 0.4) is 0 Å². The molecular weight excluding hydrogens is 236 g/mol. The van der Waals surface area contributed by atoms with Crippen molar-refractivity contribution >= 4 is 16.0 Å². The molecule has 86 valence electrons. The number of carboxylic acids is 1. The van der Waals surface area contributed by atoms with E-state index in [0.717, 1.165) is 12.1 Å². The number of benzene rings is 1. The van der Waals surface area contributed by atoms with Gasteiger partial charge < -0.3 is 11.3 Å². The number of carboxylic acid groups (broad SMARTS) is 1. The Morgan fingerprint density at radius 1 is 1.44 bits per heavy atom. The maximum Gasteiger partial charge on any atom is 0.335 e. The second-order valence-corrected chi connectivity index (χ2v) is 4.06. The fourth-order valence-electron chi connectivity index (χ4n) is 0.885. The minimum atomic E-state index is -4.12. The first kappa shape index (κ1) is 13.9. The largest absolute Gasteiger partial charge is 0.478 e. The van der Waals surface area contributed by atoms with E-state index in [4.69, 9.17) is 10.6 Å². The van der Waals surface area contributed by atoms with Crippen LogP contribution in [0.5, 0.6) is 0 Å². The maximum absolute atomic E-state index is 11.2. The summed E-state index contributed by atoms with van der Waals surface area (Å²) in [5.74, 6) is -1.26. The van der Waals surface area contributed by atoms with E-state index in [1.807, 2.05) is 0 Å². The van der Waals surface area contributed by atoms with Crippen LogP contribution < -0.4 is 6.15 Å². The SMILES string of the molecule is N.[N-]=[N+]=NS(=O)(=O)c1cccc(C(=O)O)c1. The minimum absolute atomic E-state index is 0. The van der Waals surface area contributed by atoms with Gasteiger partial charge in [0.15, 0.2) is 0 Å². The molecule has 0 aliphatic heterocycles. The molecule has 0 fully saturated rings. The molecule has 8 nitrogen and oxygen atoms in total. The number of carbonyl (C=O) groups is 1. The second kappa shape index (κ2) is 5.12. The van der Waals surface area contributed by atoms with E-state index in [1.165, 1.54) is 12.1 Å². The summed E-state index contributed by atoms with van der Waals surface area (Å²) >= 11 is 0. The molecule has 0 aromatic heterocycles. The average molecular weight is 244 g/mol. The van der Waals surface area contributed by atoms with Crippen LogP contribution in [-0.4, -0.2) is 19.5 Å². The molecule has 0 aliphatic carbocycles. The monoisotopic (exact) mass is 244 g/mol. The predicted molar refractivity (Wildman–Crippen MR) is 54.8 cm³/mol. The van der Waals surface area contributed by atoms with Crippen LogP contribution in [0, 0.1) is 0 Å². The van der Waals surface area contributed by atoms with Crippen LogP contribution in [0.15, 0.2) is 33.7 Å². The average Bonchev–Trinajstić information content (AvgIpc) is 2.18. The van der Waals surface area contributed by atoms with Gasteiger partial charge >= 0.3 is 5.97 Å². The molecule has 0 bridgehead atoms. The van der Waals surface area contributed by atoms with E-state index in [0.29, 0.717) is 0 Å². The van der Waals surface area contributed by atoms with E-state index < -0.39 is 16.0 Å². The van der Waals surface area contributed by atoms with Crippen molar-refractivity contribution in [2.45, 2.75) is 4.90 Å². The van der Waals surface area contributed by atoms with Crippen molar-refractivity contribution in [3.8, 4) is 0 Å². The van der Waals surface area contributed by atoms with Gasteiger partial charge in [-0.25, -0.2) is 13.2 Å². The molecule has 0 radical (unpaired) electrons. The van der Waals surface area contributed by atoms with Crippen molar-refractivity contribution < 1.29 is 18.3 Å². The van der Waals surface area contributed by atoms with Gasteiger partial charge in [-0.3, -0.25) is 0 Å². The van der Waals surface area contributed by atoms with E-state index in [-0.39, 0.29) is 16.6 Å². The van der Waals surface area contributed by atoms with Crippen molar-refractivity contribution in [1.29, 1.82) is 0 Å². The normalized spacial score (nSPS) is 9.75. The van der Waals surface area contributed by atoms with Gasteiger partial charge in [0.05, 0.1) is 10.5 Å². The molecule has 0 spiro atoms. The van der Waals surface area contributed by atoms with Crippen molar-refractivity contribution in [3.63, 3.8) is 0 Å². The summed E-state index contributed by atoms with van der Waals surface area (Å²) in [5, 5.41) is 8.61. The lowest BCUT2D eigenvalue weighted by Crippen LogP contribution is -2.00. The summed E-state index contributed by atoms with van der Waals surface area (Å²) in [6.45, 7) is 0. The third kappa shape index (κ3) is 2.95.